The molecule has 2 rings (SSSR count). The molecule has 19 heavy (non-hydrogen) atoms. The lowest BCUT2D eigenvalue weighted by Gasteiger charge is -2.28. The lowest BCUT2D eigenvalue weighted by Crippen LogP contribution is -2.33. The summed E-state index contributed by atoms with van der Waals surface area (Å²) in [5.74, 6) is -0.849. The molecule has 0 amide bonds. The third-order valence-electron chi connectivity index (χ3n) is 3.79. The van der Waals surface area contributed by atoms with Gasteiger partial charge >= 0.3 is 0 Å². The predicted octanol–water partition coefficient (Wildman–Crippen LogP) is 3.43. The first-order valence-electron chi connectivity index (χ1n) is 6.94. The van der Waals surface area contributed by atoms with Crippen LogP contribution in [0.3, 0.4) is 0 Å². The van der Waals surface area contributed by atoms with Gasteiger partial charge in [0.1, 0.15) is 11.6 Å². The minimum absolute atomic E-state index is 0.0216. The molecule has 0 radical (unpaired) electrons. The van der Waals surface area contributed by atoms with Crippen molar-refractivity contribution < 1.29 is 13.5 Å². The molecule has 1 heterocycles. The van der Waals surface area contributed by atoms with E-state index in [1.54, 1.807) is 0 Å². The summed E-state index contributed by atoms with van der Waals surface area (Å²) in [4.78, 5) is 0. The average molecular weight is 269 g/mol. The SMILES string of the molecule is CCCNC(c1c(F)cccc1F)C1CCOC1C. The summed E-state index contributed by atoms with van der Waals surface area (Å²) < 4.78 is 33.5. The maximum absolute atomic E-state index is 14.0. The predicted molar refractivity (Wildman–Crippen MR) is 70.9 cm³/mol. The lowest BCUT2D eigenvalue weighted by molar-refractivity contribution is 0.0945. The van der Waals surface area contributed by atoms with Crippen LogP contribution in [0.2, 0.25) is 0 Å². The van der Waals surface area contributed by atoms with E-state index in [1.807, 2.05) is 13.8 Å². The Morgan fingerprint density at radius 3 is 2.58 bits per heavy atom. The first kappa shape index (κ1) is 14.4. The summed E-state index contributed by atoms with van der Waals surface area (Å²) in [7, 11) is 0. The molecule has 0 spiro atoms. The number of benzene rings is 1. The second-order valence-corrected chi connectivity index (χ2v) is 5.10. The molecule has 1 aromatic carbocycles. The zero-order valence-corrected chi connectivity index (χ0v) is 11.5. The Balaban J connectivity index is 2.31. The van der Waals surface area contributed by atoms with Gasteiger partial charge in [-0.25, -0.2) is 8.78 Å². The van der Waals surface area contributed by atoms with Gasteiger partial charge in [0, 0.05) is 24.1 Å². The van der Waals surface area contributed by atoms with E-state index in [0.717, 1.165) is 19.4 Å². The van der Waals surface area contributed by atoms with Crippen molar-refractivity contribution in [3.8, 4) is 0 Å². The second-order valence-electron chi connectivity index (χ2n) is 5.10. The molecule has 0 aromatic heterocycles. The quantitative estimate of drug-likeness (QED) is 0.884. The zero-order chi connectivity index (χ0) is 13.8. The van der Waals surface area contributed by atoms with Crippen molar-refractivity contribution in [1.29, 1.82) is 0 Å². The van der Waals surface area contributed by atoms with Crippen LogP contribution in [-0.4, -0.2) is 19.3 Å². The van der Waals surface area contributed by atoms with Gasteiger partial charge in [0.25, 0.3) is 0 Å². The van der Waals surface area contributed by atoms with Crippen molar-refractivity contribution in [2.45, 2.75) is 38.8 Å². The van der Waals surface area contributed by atoms with Gasteiger partial charge in [0.05, 0.1) is 6.10 Å². The minimum atomic E-state index is -0.479. The molecule has 1 aliphatic rings. The van der Waals surface area contributed by atoms with Gasteiger partial charge in [-0.2, -0.15) is 0 Å². The Bertz CT molecular complexity index is 404. The molecule has 1 saturated heterocycles. The number of hydrogen-bond acceptors (Lipinski definition) is 2. The van der Waals surface area contributed by atoms with Crippen LogP contribution < -0.4 is 5.32 Å². The molecule has 2 nitrogen and oxygen atoms in total. The van der Waals surface area contributed by atoms with Crippen LogP contribution in [0.25, 0.3) is 0 Å². The molecule has 3 unspecified atom stereocenters. The van der Waals surface area contributed by atoms with Crippen LogP contribution in [0.5, 0.6) is 0 Å². The highest BCUT2D eigenvalue weighted by molar-refractivity contribution is 5.24. The van der Waals surface area contributed by atoms with Gasteiger partial charge in [-0.05, 0) is 38.4 Å². The van der Waals surface area contributed by atoms with Crippen LogP contribution >= 0.6 is 0 Å². The van der Waals surface area contributed by atoms with Crippen molar-refractivity contribution in [1.82, 2.24) is 5.32 Å². The van der Waals surface area contributed by atoms with Gasteiger partial charge in [0.15, 0.2) is 0 Å². The maximum atomic E-state index is 14.0. The summed E-state index contributed by atoms with van der Waals surface area (Å²) >= 11 is 0. The van der Waals surface area contributed by atoms with Crippen LogP contribution in [0.4, 0.5) is 8.78 Å². The fraction of sp³-hybridized carbons (Fsp3) is 0.600. The zero-order valence-electron chi connectivity index (χ0n) is 11.5. The highest BCUT2D eigenvalue weighted by Crippen LogP contribution is 2.35. The Kier molecular flexibility index (Phi) is 4.88. The van der Waals surface area contributed by atoms with Gasteiger partial charge < -0.3 is 10.1 Å². The van der Waals surface area contributed by atoms with Crippen LogP contribution in [0, 0.1) is 17.6 Å². The molecular weight excluding hydrogens is 248 g/mol. The number of ether oxygens (including phenoxy) is 1. The third-order valence-corrected chi connectivity index (χ3v) is 3.79. The van der Waals surface area contributed by atoms with E-state index in [2.05, 4.69) is 5.32 Å². The van der Waals surface area contributed by atoms with E-state index in [9.17, 15) is 8.78 Å². The Hall–Kier alpha value is -1.00. The van der Waals surface area contributed by atoms with E-state index in [1.165, 1.54) is 18.2 Å². The number of halogens is 2. The molecule has 1 N–H and O–H groups in total. The van der Waals surface area contributed by atoms with Crippen molar-refractivity contribution in [3.63, 3.8) is 0 Å². The highest BCUT2D eigenvalue weighted by Gasteiger charge is 2.35. The van der Waals surface area contributed by atoms with Gasteiger partial charge in [0.2, 0.25) is 0 Å². The second kappa shape index (κ2) is 6.44. The van der Waals surface area contributed by atoms with E-state index >= 15 is 0 Å². The summed E-state index contributed by atoms with van der Waals surface area (Å²) in [6, 6.07) is 3.72. The van der Waals surface area contributed by atoms with E-state index in [0.29, 0.717) is 6.61 Å². The summed E-state index contributed by atoms with van der Waals surface area (Å²) in [6.45, 7) is 5.40. The summed E-state index contributed by atoms with van der Waals surface area (Å²) in [5.41, 5.74) is 0.151. The Labute approximate surface area is 113 Å². The van der Waals surface area contributed by atoms with Crippen molar-refractivity contribution in [2.75, 3.05) is 13.2 Å². The maximum Gasteiger partial charge on any atom is 0.130 e. The highest BCUT2D eigenvalue weighted by atomic mass is 19.1. The standard InChI is InChI=1S/C15H21F2NO/c1-3-8-18-15(11-7-9-19-10(11)2)14-12(16)5-4-6-13(14)17/h4-6,10-11,15,18H,3,7-9H2,1-2H3. The van der Waals surface area contributed by atoms with Crippen LogP contribution in [-0.2, 0) is 4.74 Å². The molecule has 4 heteroatoms. The molecule has 1 aliphatic heterocycles. The molecule has 3 atom stereocenters. The molecule has 0 aliphatic carbocycles. The molecular formula is C15H21F2NO. The Morgan fingerprint density at radius 2 is 2.05 bits per heavy atom. The monoisotopic (exact) mass is 269 g/mol. The largest absolute Gasteiger partial charge is 0.378 e. The fourth-order valence-electron chi connectivity index (χ4n) is 2.76. The van der Waals surface area contributed by atoms with E-state index in [-0.39, 0.29) is 23.6 Å². The Morgan fingerprint density at radius 1 is 1.37 bits per heavy atom. The van der Waals surface area contributed by atoms with E-state index < -0.39 is 11.6 Å². The smallest absolute Gasteiger partial charge is 0.130 e. The fourth-order valence-corrected chi connectivity index (χ4v) is 2.76. The average Bonchev–Trinajstić information content (AvgIpc) is 2.79. The molecule has 106 valence electrons. The third kappa shape index (κ3) is 3.12. The van der Waals surface area contributed by atoms with Gasteiger partial charge in [-0.3, -0.25) is 0 Å². The number of nitrogens with one attached hydrogen (secondary N) is 1. The van der Waals surface area contributed by atoms with Crippen molar-refractivity contribution >= 4 is 0 Å². The van der Waals surface area contributed by atoms with Gasteiger partial charge in [-0.1, -0.05) is 13.0 Å². The van der Waals surface area contributed by atoms with Crippen molar-refractivity contribution in [3.05, 3.63) is 35.4 Å². The number of hydrogen-bond donors (Lipinski definition) is 1. The number of rotatable bonds is 5. The first-order chi connectivity index (χ1) is 9.15. The van der Waals surface area contributed by atoms with Crippen LogP contribution in [0.15, 0.2) is 18.2 Å². The molecule has 1 fully saturated rings. The summed E-state index contributed by atoms with van der Waals surface area (Å²) in [5, 5.41) is 3.28. The molecule has 1 aromatic rings. The molecule has 0 saturated carbocycles. The summed E-state index contributed by atoms with van der Waals surface area (Å²) in [6.07, 6.45) is 1.78. The first-order valence-corrected chi connectivity index (χ1v) is 6.94. The van der Waals surface area contributed by atoms with E-state index in [4.69, 9.17) is 4.74 Å². The lowest BCUT2D eigenvalue weighted by atomic mass is 9.87. The topological polar surface area (TPSA) is 21.3 Å². The van der Waals surface area contributed by atoms with Crippen molar-refractivity contribution in [2.24, 2.45) is 5.92 Å². The minimum Gasteiger partial charge on any atom is -0.378 e. The normalized spacial score (nSPS) is 24.6. The molecule has 0 bridgehead atoms. The van der Waals surface area contributed by atoms with Gasteiger partial charge in [-0.15, -0.1) is 0 Å². The van der Waals surface area contributed by atoms with Crippen LogP contribution in [0.1, 0.15) is 38.3 Å².